The summed E-state index contributed by atoms with van der Waals surface area (Å²) >= 11 is -1.88. The van der Waals surface area contributed by atoms with E-state index in [9.17, 15) is 8.76 Å². The van der Waals surface area contributed by atoms with Gasteiger partial charge in [-0.3, -0.25) is 4.21 Å². The molecule has 1 aliphatic heterocycles. The van der Waals surface area contributed by atoms with Gasteiger partial charge >= 0.3 is 0 Å². The predicted molar refractivity (Wildman–Crippen MR) is 47.4 cm³/mol. The molecule has 1 saturated heterocycles. The van der Waals surface area contributed by atoms with Crippen LogP contribution in [0.2, 0.25) is 0 Å². The van der Waals surface area contributed by atoms with E-state index in [2.05, 4.69) is 4.90 Å². The lowest BCUT2D eigenvalue weighted by molar-refractivity contribution is 0.335. The minimum Gasteiger partial charge on any atom is -0.772 e. The third-order valence-electron chi connectivity index (χ3n) is 2.09. The fraction of sp³-hybridized carbons (Fsp3) is 1.00. The Kier molecular flexibility index (Phi) is 4.14. The van der Waals surface area contributed by atoms with Gasteiger partial charge in [0.1, 0.15) is 0 Å². The molecule has 0 bridgehead atoms. The van der Waals surface area contributed by atoms with Crippen molar-refractivity contribution < 1.29 is 8.76 Å². The number of nitrogens with two attached hydrogens (primary N) is 1. The predicted octanol–water partition coefficient (Wildman–Crippen LogP) is -0.711. The maximum atomic E-state index is 10.2. The fourth-order valence-electron chi connectivity index (χ4n) is 1.47. The van der Waals surface area contributed by atoms with E-state index < -0.39 is 11.1 Å². The summed E-state index contributed by atoms with van der Waals surface area (Å²) in [6, 6.07) is 0.294. The third-order valence-corrected chi connectivity index (χ3v) is 2.72. The second-order valence-electron chi connectivity index (χ2n) is 3.21. The average molecular weight is 191 g/mol. The van der Waals surface area contributed by atoms with E-state index in [0.717, 1.165) is 32.5 Å². The molecule has 1 fully saturated rings. The summed E-state index contributed by atoms with van der Waals surface area (Å²) in [6.45, 7) is 2.81. The van der Waals surface area contributed by atoms with Crippen LogP contribution in [0.15, 0.2) is 0 Å². The van der Waals surface area contributed by atoms with Gasteiger partial charge in [0, 0.05) is 18.3 Å². The SMILES string of the molecule is NC1CCN(CCCS(=O)[O-])C1. The summed E-state index contributed by atoms with van der Waals surface area (Å²) < 4.78 is 20.4. The quantitative estimate of drug-likeness (QED) is 0.596. The first-order valence-electron chi connectivity index (χ1n) is 4.22. The van der Waals surface area contributed by atoms with E-state index in [-0.39, 0.29) is 5.75 Å². The van der Waals surface area contributed by atoms with Crippen LogP contribution in [-0.2, 0) is 11.1 Å². The maximum Gasteiger partial charge on any atom is 0.0180 e. The van der Waals surface area contributed by atoms with E-state index in [1.54, 1.807) is 0 Å². The Hall–Kier alpha value is 0.0300. The Bertz CT molecular complexity index is 165. The van der Waals surface area contributed by atoms with E-state index in [4.69, 9.17) is 5.73 Å². The van der Waals surface area contributed by atoms with Crippen LogP contribution in [0.5, 0.6) is 0 Å². The number of hydrogen-bond donors (Lipinski definition) is 1. The highest BCUT2D eigenvalue weighted by atomic mass is 32.2. The molecule has 2 unspecified atom stereocenters. The van der Waals surface area contributed by atoms with Gasteiger partial charge in [-0.2, -0.15) is 0 Å². The maximum absolute atomic E-state index is 10.2. The second kappa shape index (κ2) is 4.91. The van der Waals surface area contributed by atoms with Gasteiger partial charge in [0.15, 0.2) is 0 Å². The minimum absolute atomic E-state index is 0.270. The molecule has 0 aromatic carbocycles. The van der Waals surface area contributed by atoms with E-state index in [1.807, 2.05) is 0 Å². The smallest absolute Gasteiger partial charge is 0.0180 e. The number of nitrogens with zero attached hydrogens (tertiary/aromatic N) is 1. The van der Waals surface area contributed by atoms with Crippen molar-refractivity contribution in [1.82, 2.24) is 4.90 Å². The molecule has 0 amide bonds. The van der Waals surface area contributed by atoms with Crippen LogP contribution in [0, 0.1) is 0 Å². The summed E-state index contributed by atoms with van der Waals surface area (Å²) in [5, 5.41) is 0. The molecule has 1 aliphatic rings. The lowest BCUT2D eigenvalue weighted by Crippen LogP contribution is -2.27. The van der Waals surface area contributed by atoms with Gasteiger partial charge in [-0.05, 0) is 25.9 Å². The van der Waals surface area contributed by atoms with Gasteiger partial charge in [-0.15, -0.1) is 0 Å². The average Bonchev–Trinajstić information content (AvgIpc) is 2.35. The summed E-state index contributed by atoms with van der Waals surface area (Å²) in [4.78, 5) is 2.22. The van der Waals surface area contributed by atoms with Gasteiger partial charge in [-0.25, -0.2) is 0 Å². The molecule has 0 aromatic rings. The zero-order valence-electron chi connectivity index (χ0n) is 7.07. The van der Waals surface area contributed by atoms with Crippen molar-refractivity contribution >= 4 is 11.1 Å². The van der Waals surface area contributed by atoms with Crippen molar-refractivity contribution in [2.24, 2.45) is 5.73 Å². The Morgan fingerprint density at radius 3 is 2.92 bits per heavy atom. The van der Waals surface area contributed by atoms with Gasteiger partial charge in [0.2, 0.25) is 0 Å². The molecule has 1 heterocycles. The largest absolute Gasteiger partial charge is 0.772 e. The van der Waals surface area contributed by atoms with Crippen LogP contribution in [0.1, 0.15) is 12.8 Å². The van der Waals surface area contributed by atoms with Gasteiger partial charge in [0.25, 0.3) is 0 Å². The first kappa shape index (κ1) is 10.1. The standard InChI is InChI=1S/C7H16N2O2S/c8-7-2-4-9(6-7)3-1-5-12(10)11/h7H,1-6,8H2,(H,10,11)/p-1. The Balaban J connectivity index is 2.04. The number of likely N-dealkylation sites (tertiary alicyclic amines) is 1. The van der Waals surface area contributed by atoms with Crippen molar-refractivity contribution in [2.75, 3.05) is 25.4 Å². The molecule has 2 atom stereocenters. The van der Waals surface area contributed by atoms with Crippen molar-refractivity contribution in [3.05, 3.63) is 0 Å². The first-order chi connectivity index (χ1) is 5.68. The van der Waals surface area contributed by atoms with E-state index in [1.165, 1.54) is 0 Å². The number of hydrogen-bond acceptors (Lipinski definition) is 4. The van der Waals surface area contributed by atoms with E-state index >= 15 is 0 Å². The van der Waals surface area contributed by atoms with Crippen molar-refractivity contribution in [2.45, 2.75) is 18.9 Å². The molecule has 0 radical (unpaired) electrons. The molecule has 5 heteroatoms. The number of rotatable bonds is 4. The first-order valence-corrected chi connectivity index (χ1v) is 5.46. The highest BCUT2D eigenvalue weighted by molar-refractivity contribution is 7.79. The highest BCUT2D eigenvalue weighted by Gasteiger charge is 2.17. The fourth-order valence-corrected chi connectivity index (χ4v) is 1.84. The molecule has 0 spiro atoms. The third kappa shape index (κ3) is 3.62. The van der Waals surface area contributed by atoms with Crippen LogP contribution in [0.3, 0.4) is 0 Å². The molecule has 0 saturated carbocycles. The molecule has 4 nitrogen and oxygen atoms in total. The van der Waals surface area contributed by atoms with Crippen molar-refractivity contribution in [3.8, 4) is 0 Å². The molecule has 72 valence electrons. The molecule has 1 rings (SSSR count). The van der Waals surface area contributed by atoms with Gasteiger partial charge < -0.3 is 15.2 Å². The minimum atomic E-state index is -1.88. The summed E-state index contributed by atoms with van der Waals surface area (Å²) in [7, 11) is 0. The summed E-state index contributed by atoms with van der Waals surface area (Å²) in [6.07, 6.45) is 1.77. The molecule has 12 heavy (non-hydrogen) atoms. The molecule has 0 aromatic heterocycles. The molecule has 2 N–H and O–H groups in total. The zero-order valence-corrected chi connectivity index (χ0v) is 7.89. The molecular formula is C7H15N2O2S-. The summed E-state index contributed by atoms with van der Waals surface area (Å²) in [5.74, 6) is 0.270. The van der Waals surface area contributed by atoms with Gasteiger partial charge in [0.05, 0.1) is 0 Å². The lowest BCUT2D eigenvalue weighted by Gasteiger charge is -2.14. The molecule has 0 aliphatic carbocycles. The topological polar surface area (TPSA) is 69.4 Å². The van der Waals surface area contributed by atoms with Gasteiger partial charge in [-0.1, -0.05) is 11.1 Å². The Morgan fingerprint density at radius 1 is 1.67 bits per heavy atom. The van der Waals surface area contributed by atoms with Crippen LogP contribution in [-0.4, -0.2) is 45.1 Å². The van der Waals surface area contributed by atoms with E-state index in [0.29, 0.717) is 6.04 Å². The summed E-state index contributed by atoms with van der Waals surface area (Å²) in [5.41, 5.74) is 5.69. The zero-order chi connectivity index (χ0) is 8.97. The van der Waals surface area contributed by atoms with Crippen LogP contribution in [0.4, 0.5) is 0 Å². The van der Waals surface area contributed by atoms with Crippen molar-refractivity contribution in [1.29, 1.82) is 0 Å². The Labute approximate surface area is 75.4 Å². The van der Waals surface area contributed by atoms with Crippen molar-refractivity contribution in [3.63, 3.8) is 0 Å². The van der Waals surface area contributed by atoms with Crippen LogP contribution < -0.4 is 5.73 Å². The highest BCUT2D eigenvalue weighted by Crippen LogP contribution is 2.06. The second-order valence-corrected chi connectivity index (χ2v) is 4.23. The lowest BCUT2D eigenvalue weighted by atomic mass is 10.3. The normalized spacial score (nSPS) is 27.7. The Morgan fingerprint density at radius 2 is 2.42 bits per heavy atom. The van der Waals surface area contributed by atoms with Crippen LogP contribution >= 0.6 is 0 Å². The monoisotopic (exact) mass is 191 g/mol. The molecular weight excluding hydrogens is 176 g/mol. The van der Waals surface area contributed by atoms with Crippen LogP contribution in [0.25, 0.3) is 0 Å².